The van der Waals surface area contributed by atoms with Gasteiger partial charge < -0.3 is 9.64 Å². The van der Waals surface area contributed by atoms with Crippen LogP contribution in [0.15, 0.2) is 59.5 Å². The largest absolute Gasteiger partial charge is 0.449 e. The van der Waals surface area contributed by atoms with Gasteiger partial charge in [0.15, 0.2) is 6.10 Å². The number of piperidine rings is 1. The Morgan fingerprint density at radius 3 is 2.34 bits per heavy atom. The lowest BCUT2D eigenvalue weighted by Gasteiger charge is -2.33. The van der Waals surface area contributed by atoms with Crippen molar-refractivity contribution in [2.45, 2.75) is 37.2 Å². The number of carbonyl (C=O) groups is 2. The van der Waals surface area contributed by atoms with Crippen molar-refractivity contribution in [1.29, 1.82) is 0 Å². The second kappa shape index (κ2) is 10.3. The molecule has 2 aromatic rings. The molecule has 1 amide bonds. The van der Waals surface area contributed by atoms with Gasteiger partial charge in [0.1, 0.15) is 0 Å². The van der Waals surface area contributed by atoms with Crippen molar-refractivity contribution >= 4 is 21.9 Å². The van der Waals surface area contributed by atoms with Crippen molar-refractivity contribution in [1.82, 2.24) is 9.21 Å². The van der Waals surface area contributed by atoms with Gasteiger partial charge in [0.2, 0.25) is 10.0 Å². The number of hydrogen-bond donors (Lipinski definition) is 0. The summed E-state index contributed by atoms with van der Waals surface area (Å²) in [6.07, 6.45) is 1.87. The molecule has 7 nitrogen and oxygen atoms in total. The molecular weight excluding hydrogens is 428 g/mol. The third kappa shape index (κ3) is 5.75. The Labute approximate surface area is 190 Å². The highest BCUT2D eigenvalue weighted by atomic mass is 32.2. The van der Waals surface area contributed by atoms with Crippen LogP contribution in [0, 0.1) is 5.92 Å². The summed E-state index contributed by atoms with van der Waals surface area (Å²) in [6.45, 7) is 2.82. The highest BCUT2D eigenvalue weighted by Crippen LogP contribution is 2.23. The summed E-state index contributed by atoms with van der Waals surface area (Å²) >= 11 is 0. The summed E-state index contributed by atoms with van der Waals surface area (Å²) in [5, 5.41) is 0. The van der Waals surface area contributed by atoms with E-state index in [2.05, 4.69) is 12.1 Å². The Hall–Kier alpha value is -2.71. The van der Waals surface area contributed by atoms with Gasteiger partial charge in [0.25, 0.3) is 5.91 Å². The van der Waals surface area contributed by atoms with E-state index < -0.39 is 22.1 Å². The third-order valence-electron chi connectivity index (χ3n) is 5.77. The zero-order valence-electron chi connectivity index (χ0n) is 18.7. The number of sulfonamides is 1. The number of amides is 1. The van der Waals surface area contributed by atoms with Crippen LogP contribution in [0.1, 0.15) is 35.7 Å². The van der Waals surface area contributed by atoms with Gasteiger partial charge in [-0.3, -0.25) is 4.79 Å². The third-order valence-corrected chi connectivity index (χ3v) is 7.58. The smallest absolute Gasteiger partial charge is 0.338 e. The first kappa shape index (κ1) is 23.9. The van der Waals surface area contributed by atoms with Crippen LogP contribution in [-0.4, -0.2) is 62.8 Å². The van der Waals surface area contributed by atoms with Crippen LogP contribution in [0.25, 0.3) is 0 Å². The minimum absolute atomic E-state index is 0.00332. The summed E-state index contributed by atoms with van der Waals surface area (Å²) in [5.41, 5.74) is 1.40. The molecule has 1 unspecified atom stereocenters. The van der Waals surface area contributed by atoms with E-state index >= 15 is 0 Å². The molecule has 1 heterocycles. The van der Waals surface area contributed by atoms with Crippen LogP contribution >= 0.6 is 0 Å². The maximum Gasteiger partial charge on any atom is 0.338 e. The Morgan fingerprint density at radius 1 is 1.06 bits per heavy atom. The van der Waals surface area contributed by atoms with E-state index in [1.807, 2.05) is 18.2 Å². The molecule has 0 bridgehead atoms. The topological polar surface area (TPSA) is 84.0 Å². The van der Waals surface area contributed by atoms with Gasteiger partial charge in [-0.15, -0.1) is 0 Å². The van der Waals surface area contributed by atoms with Crippen LogP contribution in [-0.2, 0) is 26.0 Å². The van der Waals surface area contributed by atoms with E-state index in [1.54, 1.807) is 11.8 Å². The maximum absolute atomic E-state index is 12.8. The molecule has 0 radical (unpaired) electrons. The molecule has 0 aliphatic carbocycles. The fourth-order valence-corrected chi connectivity index (χ4v) is 4.78. The molecule has 0 aromatic heterocycles. The average molecular weight is 459 g/mol. The molecule has 172 valence electrons. The monoisotopic (exact) mass is 458 g/mol. The number of rotatable bonds is 7. The SMILES string of the molecule is CC(OC(=O)c1cccc(S(=O)(=O)N(C)C)c1)C(=O)N1CCC(Cc2ccccc2)CC1. The fraction of sp³-hybridized carbons (Fsp3) is 0.417. The van der Waals surface area contributed by atoms with Crippen LogP contribution in [0.4, 0.5) is 0 Å². The Kier molecular flexibility index (Phi) is 7.69. The van der Waals surface area contributed by atoms with Gasteiger partial charge in [-0.1, -0.05) is 36.4 Å². The standard InChI is InChI=1S/C24H30N2O5S/c1-18(31-24(28)21-10-7-11-22(17-21)32(29,30)25(2)3)23(27)26-14-12-20(13-15-26)16-19-8-5-4-6-9-19/h4-11,17-18,20H,12-16H2,1-3H3. The molecule has 1 aliphatic rings. The van der Waals surface area contributed by atoms with Crippen LogP contribution in [0.3, 0.4) is 0 Å². The molecule has 1 aliphatic heterocycles. The molecule has 0 saturated carbocycles. The molecular formula is C24H30N2O5S. The molecule has 3 rings (SSSR count). The molecule has 1 fully saturated rings. The number of carbonyl (C=O) groups excluding carboxylic acids is 2. The molecule has 0 spiro atoms. The van der Waals surface area contributed by atoms with E-state index in [0.29, 0.717) is 19.0 Å². The quantitative estimate of drug-likeness (QED) is 0.596. The molecule has 32 heavy (non-hydrogen) atoms. The van der Waals surface area contributed by atoms with Gasteiger partial charge in [0, 0.05) is 27.2 Å². The molecule has 2 aromatic carbocycles. The first-order chi connectivity index (χ1) is 15.2. The Bertz CT molecular complexity index is 1050. The van der Waals surface area contributed by atoms with Gasteiger partial charge in [-0.05, 0) is 55.9 Å². The predicted octanol–water partition coefficient (Wildman–Crippen LogP) is 2.96. The van der Waals surface area contributed by atoms with Crippen LogP contribution < -0.4 is 0 Å². The average Bonchev–Trinajstić information content (AvgIpc) is 2.79. The summed E-state index contributed by atoms with van der Waals surface area (Å²) in [5.74, 6) is -0.421. The number of nitrogens with zero attached hydrogens (tertiary/aromatic N) is 2. The summed E-state index contributed by atoms with van der Waals surface area (Å²) in [4.78, 5) is 27.1. The number of likely N-dealkylation sites (tertiary alicyclic amines) is 1. The highest BCUT2D eigenvalue weighted by molar-refractivity contribution is 7.89. The van der Waals surface area contributed by atoms with E-state index in [-0.39, 0.29) is 16.4 Å². The van der Waals surface area contributed by atoms with E-state index in [9.17, 15) is 18.0 Å². The van der Waals surface area contributed by atoms with Crippen LogP contribution in [0.2, 0.25) is 0 Å². The second-order valence-electron chi connectivity index (χ2n) is 8.32. The summed E-state index contributed by atoms with van der Waals surface area (Å²) < 4.78 is 31.0. The number of hydrogen-bond acceptors (Lipinski definition) is 5. The number of ether oxygens (including phenoxy) is 1. The normalized spacial score (nSPS) is 16.1. The summed E-state index contributed by atoms with van der Waals surface area (Å²) in [6, 6.07) is 16.0. The van der Waals surface area contributed by atoms with E-state index in [1.165, 1.54) is 43.9 Å². The fourth-order valence-electron chi connectivity index (χ4n) is 3.84. The zero-order chi connectivity index (χ0) is 23.3. The second-order valence-corrected chi connectivity index (χ2v) is 10.5. The van der Waals surface area contributed by atoms with Crippen molar-refractivity contribution in [3.05, 3.63) is 65.7 Å². The lowest BCUT2D eigenvalue weighted by Crippen LogP contribution is -2.44. The highest BCUT2D eigenvalue weighted by Gasteiger charge is 2.29. The van der Waals surface area contributed by atoms with Crippen LogP contribution in [0.5, 0.6) is 0 Å². The lowest BCUT2D eigenvalue weighted by atomic mass is 9.90. The lowest BCUT2D eigenvalue weighted by molar-refractivity contribution is -0.141. The Balaban J connectivity index is 1.55. The van der Waals surface area contributed by atoms with E-state index in [4.69, 9.17) is 4.74 Å². The molecule has 0 N–H and O–H groups in total. The summed E-state index contributed by atoms with van der Waals surface area (Å²) in [7, 11) is -0.831. The minimum atomic E-state index is -3.67. The molecule has 1 atom stereocenters. The van der Waals surface area contributed by atoms with Gasteiger partial charge in [-0.2, -0.15) is 0 Å². The van der Waals surface area contributed by atoms with Gasteiger partial charge in [-0.25, -0.2) is 17.5 Å². The van der Waals surface area contributed by atoms with Crippen molar-refractivity contribution in [2.75, 3.05) is 27.2 Å². The van der Waals surface area contributed by atoms with Crippen molar-refractivity contribution in [3.8, 4) is 0 Å². The van der Waals surface area contributed by atoms with Gasteiger partial charge >= 0.3 is 5.97 Å². The maximum atomic E-state index is 12.8. The van der Waals surface area contributed by atoms with Crippen molar-refractivity contribution in [2.24, 2.45) is 5.92 Å². The first-order valence-corrected chi connectivity index (χ1v) is 12.2. The van der Waals surface area contributed by atoms with Crippen molar-refractivity contribution in [3.63, 3.8) is 0 Å². The number of esters is 1. The van der Waals surface area contributed by atoms with E-state index in [0.717, 1.165) is 23.6 Å². The molecule has 1 saturated heterocycles. The Morgan fingerprint density at radius 2 is 1.72 bits per heavy atom. The molecule has 8 heteroatoms. The van der Waals surface area contributed by atoms with Gasteiger partial charge in [0.05, 0.1) is 10.5 Å². The first-order valence-electron chi connectivity index (χ1n) is 10.7. The minimum Gasteiger partial charge on any atom is -0.449 e. The number of benzene rings is 2. The predicted molar refractivity (Wildman–Crippen MR) is 122 cm³/mol. The zero-order valence-corrected chi connectivity index (χ0v) is 19.5. The van der Waals surface area contributed by atoms with Crippen molar-refractivity contribution < 1.29 is 22.7 Å².